The lowest BCUT2D eigenvalue weighted by atomic mass is 10.3. The second kappa shape index (κ2) is 2.45. The number of allylic oxidation sites excluding steroid dienone is 1. The van der Waals surface area contributed by atoms with Crippen LogP contribution in [0.3, 0.4) is 0 Å². The molecule has 1 aromatic heterocycles. The van der Waals surface area contributed by atoms with Gasteiger partial charge >= 0.3 is 0 Å². The number of terminal acetylenes is 1. The van der Waals surface area contributed by atoms with Gasteiger partial charge in [0, 0.05) is 0 Å². The van der Waals surface area contributed by atoms with Crippen LogP contribution in [0.1, 0.15) is 18.4 Å². The minimum absolute atomic E-state index is 0.554. The maximum Gasteiger partial charge on any atom is 0.177 e. The summed E-state index contributed by atoms with van der Waals surface area (Å²) in [4.78, 5) is 0. The summed E-state index contributed by atoms with van der Waals surface area (Å²) in [6.07, 6.45) is 5.09. The van der Waals surface area contributed by atoms with Gasteiger partial charge in [-0.25, -0.2) is 0 Å². The lowest BCUT2D eigenvalue weighted by Gasteiger charge is -1.88. The zero-order valence-corrected chi connectivity index (χ0v) is 5.85. The Hall–Kier alpha value is -1.42. The van der Waals surface area contributed by atoms with Gasteiger partial charge in [0.05, 0.1) is 0 Å². The number of hydrogen-bond donors (Lipinski definition) is 0. The summed E-state index contributed by atoms with van der Waals surface area (Å²) in [7, 11) is 0. The minimum Gasteiger partial charge on any atom is -0.448 e. The first-order valence-corrected chi connectivity index (χ1v) is 2.96. The fourth-order valence-corrected chi connectivity index (χ4v) is 0.645. The molecule has 0 atom stereocenters. The summed E-state index contributed by atoms with van der Waals surface area (Å²) >= 11 is 0. The highest BCUT2D eigenvalue weighted by Crippen LogP contribution is 2.13. The third kappa shape index (κ3) is 1.11. The standard InChI is InChI=1S/C9H8O/c1-4-8-5-6-9(10-8)7(2)3/h1,5-6H,2H2,3H3. The third-order valence-corrected chi connectivity index (χ3v) is 1.17. The fraction of sp³-hybridized carbons (Fsp3) is 0.111. The first kappa shape index (κ1) is 6.70. The molecule has 0 amide bonds. The molecule has 1 aromatic rings. The molecule has 0 aliphatic heterocycles. The second-order valence-corrected chi connectivity index (χ2v) is 2.09. The molecule has 10 heavy (non-hydrogen) atoms. The van der Waals surface area contributed by atoms with Gasteiger partial charge in [-0.2, -0.15) is 0 Å². The fourth-order valence-electron chi connectivity index (χ4n) is 0.645. The van der Waals surface area contributed by atoms with Gasteiger partial charge in [0.25, 0.3) is 0 Å². The minimum atomic E-state index is 0.554. The van der Waals surface area contributed by atoms with E-state index in [1.165, 1.54) is 0 Å². The van der Waals surface area contributed by atoms with Crippen LogP contribution in [0.5, 0.6) is 0 Å². The zero-order valence-electron chi connectivity index (χ0n) is 5.85. The van der Waals surface area contributed by atoms with Gasteiger partial charge in [0.15, 0.2) is 5.76 Å². The molecule has 0 spiro atoms. The largest absolute Gasteiger partial charge is 0.448 e. The van der Waals surface area contributed by atoms with Gasteiger partial charge in [0.1, 0.15) is 5.76 Å². The van der Waals surface area contributed by atoms with Gasteiger partial charge in [-0.1, -0.05) is 6.58 Å². The number of furan rings is 1. The molecule has 0 saturated carbocycles. The highest BCUT2D eigenvalue weighted by molar-refractivity contribution is 5.56. The smallest absolute Gasteiger partial charge is 0.177 e. The van der Waals surface area contributed by atoms with E-state index in [4.69, 9.17) is 10.8 Å². The maximum absolute atomic E-state index is 5.16. The summed E-state index contributed by atoms with van der Waals surface area (Å²) in [5, 5.41) is 0. The molecular formula is C9H8O. The van der Waals surface area contributed by atoms with Gasteiger partial charge < -0.3 is 4.42 Å². The second-order valence-electron chi connectivity index (χ2n) is 2.09. The van der Waals surface area contributed by atoms with Crippen molar-refractivity contribution in [2.24, 2.45) is 0 Å². The Morgan fingerprint density at radius 1 is 1.70 bits per heavy atom. The molecule has 1 nitrogen and oxygen atoms in total. The first-order valence-electron chi connectivity index (χ1n) is 2.96. The SMILES string of the molecule is C#Cc1ccc(C(=C)C)o1. The van der Waals surface area contributed by atoms with E-state index in [2.05, 4.69) is 12.5 Å². The summed E-state index contributed by atoms with van der Waals surface area (Å²) in [5.41, 5.74) is 0.890. The lowest BCUT2D eigenvalue weighted by Crippen LogP contribution is -1.67. The first-order chi connectivity index (χ1) is 4.74. The van der Waals surface area contributed by atoms with Crippen LogP contribution in [-0.4, -0.2) is 0 Å². The quantitative estimate of drug-likeness (QED) is 0.534. The monoisotopic (exact) mass is 132 g/mol. The average Bonchev–Trinajstić information content (AvgIpc) is 2.34. The Bertz CT molecular complexity index is 286. The van der Waals surface area contributed by atoms with Crippen molar-refractivity contribution >= 4 is 5.57 Å². The molecule has 0 saturated heterocycles. The molecule has 0 aliphatic rings. The van der Waals surface area contributed by atoms with Crippen LogP contribution in [0.15, 0.2) is 23.1 Å². The summed E-state index contributed by atoms with van der Waals surface area (Å²) in [6.45, 7) is 5.58. The Labute approximate surface area is 60.4 Å². The van der Waals surface area contributed by atoms with Crippen molar-refractivity contribution in [2.45, 2.75) is 6.92 Å². The number of hydrogen-bond acceptors (Lipinski definition) is 1. The Kier molecular flexibility index (Phi) is 1.64. The summed E-state index contributed by atoms with van der Waals surface area (Å²) in [5.74, 6) is 3.71. The van der Waals surface area contributed by atoms with Crippen LogP contribution >= 0.6 is 0 Å². The van der Waals surface area contributed by atoms with Crippen LogP contribution < -0.4 is 0 Å². The maximum atomic E-state index is 5.16. The van der Waals surface area contributed by atoms with Crippen molar-refractivity contribution in [3.05, 3.63) is 30.2 Å². The Morgan fingerprint density at radius 2 is 2.40 bits per heavy atom. The molecule has 0 unspecified atom stereocenters. The normalized spacial score (nSPS) is 8.80. The Balaban J connectivity index is 3.02. The zero-order chi connectivity index (χ0) is 7.56. The molecular weight excluding hydrogens is 124 g/mol. The highest BCUT2D eigenvalue weighted by Gasteiger charge is 1.97. The average molecular weight is 132 g/mol. The Morgan fingerprint density at radius 3 is 2.70 bits per heavy atom. The topological polar surface area (TPSA) is 13.1 Å². The van der Waals surface area contributed by atoms with Crippen molar-refractivity contribution in [1.82, 2.24) is 0 Å². The van der Waals surface area contributed by atoms with E-state index in [0.29, 0.717) is 5.76 Å². The molecule has 0 aliphatic carbocycles. The van der Waals surface area contributed by atoms with Crippen LogP contribution in [0, 0.1) is 12.3 Å². The summed E-state index contributed by atoms with van der Waals surface area (Å²) < 4.78 is 5.16. The van der Waals surface area contributed by atoms with Gasteiger partial charge in [-0.15, -0.1) is 6.42 Å². The van der Waals surface area contributed by atoms with E-state index < -0.39 is 0 Å². The molecule has 1 heteroatoms. The van der Waals surface area contributed by atoms with Crippen molar-refractivity contribution in [3.8, 4) is 12.3 Å². The molecule has 0 aromatic carbocycles. The van der Waals surface area contributed by atoms with Gasteiger partial charge in [0.2, 0.25) is 0 Å². The molecule has 0 bridgehead atoms. The predicted molar refractivity (Wildman–Crippen MR) is 41.4 cm³/mol. The van der Waals surface area contributed by atoms with Crippen LogP contribution in [-0.2, 0) is 0 Å². The lowest BCUT2D eigenvalue weighted by molar-refractivity contribution is 0.541. The van der Waals surface area contributed by atoms with E-state index in [-0.39, 0.29) is 0 Å². The molecule has 1 rings (SSSR count). The number of rotatable bonds is 1. The highest BCUT2D eigenvalue weighted by atomic mass is 16.3. The molecule has 0 radical (unpaired) electrons. The summed E-state index contributed by atoms with van der Waals surface area (Å²) in [6, 6.07) is 3.57. The van der Waals surface area contributed by atoms with E-state index in [1.54, 1.807) is 6.07 Å². The predicted octanol–water partition coefficient (Wildman–Crippen LogP) is 2.29. The van der Waals surface area contributed by atoms with Gasteiger partial charge in [-0.3, -0.25) is 0 Å². The third-order valence-electron chi connectivity index (χ3n) is 1.17. The van der Waals surface area contributed by atoms with Crippen molar-refractivity contribution < 1.29 is 4.42 Å². The van der Waals surface area contributed by atoms with E-state index in [1.807, 2.05) is 13.0 Å². The molecule has 0 N–H and O–H groups in total. The molecule has 1 heterocycles. The van der Waals surface area contributed by atoms with Gasteiger partial charge in [-0.05, 0) is 30.6 Å². The van der Waals surface area contributed by atoms with Crippen LogP contribution in [0.25, 0.3) is 5.57 Å². The van der Waals surface area contributed by atoms with Crippen LogP contribution in [0.4, 0.5) is 0 Å². The van der Waals surface area contributed by atoms with Crippen molar-refractivity contribution in [1.29, 1.82) is 0 Å². The van der Waals surface area contributed by atoms with Crippen LogP contribution in [0.2, 0.25) is 0 Å². The van der Waals surface area contributed by atoms with E-state index in [0.717, 1.165) is 11.3 Å². The van der Waals surface area contributed by atoms with Crippen molar-refractivity contribution in [3.63, 3.8) is 0 Å². The van der Waals surface area contributed by atoms with E-state index in [9.17, 15) is 0 Å². The molecule has 50 valence electrons. The van der Waals surface area contributed by atoms with Crippen molar-refractivity contribution in [2.75, 3.05) is 0 Å². The molecule has 0 fully saturated rings. The van der Waals surface area contributed by atoms with E-state index >= 15 is 0 Å².